The summed E-state index contributed by atoms with van der Waals surface area (Å²) in [4.78, 5) is 12.7. The number of carbonyl (C=O) groups excluding carboxylic acids is 1. The van der Waals surface area contributed by atoms with Crippen LogP contribution in [0.5, 0.6) is 0 Å². The molecule has 1 aliphatic rings. The van der Waals surface area contributed by atoms with Crippen LogP contribution in [0.1, 0.15) is 67.7 Å². The SMILES string of the molecule is CC[C@H]1OC(=O)[C@H](C)C(I)C[C@@H](C)[C@](C)(O)C[C@@H](C)C(=N)[C@H](C)[C@@H](O)[C@]1(C)O. The highest BCUT2D eigenvalue weighted by molar-refractivity contribution is 14.1. The lowest BCUT2D eigenvalue weighted by Gasteiger charge is -2.41. The van der Waals surface area contributed by atoms with Gasteiger partial charge in [0.2, 0.25) is 0 Å². The van der Waals surface area contributed by atoms with E-state index in [1.54, 1.807) is 27.7 Å². The summed E-state index contributed by atoms with van der Waals surface area (Å²) in [5, 5.41) is 41.4. The van der Waals surface area contributed by atoms with Gasteiger partial charge in [-0.2, -0.15) is 0 Å². The average molecular weight is 511 g/mol. The summed E-state index contributed by atoms with van der Waals surface area (Å²) >= 11 is 2.22. The summed E-state index contributed by atoms with van der Waals surface area (Å²) in [6.45, 7) is 12.4. The summed E-state index contributed by atoms with van der Waals surface area (Å²) in [5.41, 5.74) is -2.42. The number of alkyl halides is 1. The van der Waals surface area contributed by atoms with Gasteiger partial charge in [-0.1, -0.05) is 57.2 Å². The van der Waals surface area contributed by atoms with Crippen molar-refractivity contribution in [2.75, 3.05) is 0 Å². The van der Waals surface area contributed by atoms with Crippen molar-refractivity contribution in [1.82, 2.24) is 0 Å². The topological polar surface area (TPSA) is 111 Å². The van der Waals surface area contributed by atoms with Crippen LogP contribution in [0.3, 0.4) is 0 Å². The van der Waals surface area contributed by atoms with Crippen LogP contribution in [0.25, 0.3) is 0 Å². The van der Waals surface area contributed by atoms with E-state index in [9.17, 15) is 20.1 Å². The first kappa shape index (κ1) is 25.8. The Balaban J connectivity index is 3.33. The Kier molecular flexibility index (Phi) is 8.94. The number of ether oxygens (including phenoxy) is 1. The molecule has 0 bridgehead atoms. The first-order valence-electron chi connectivity index (χ1n) is 10.2. The van der Waals surface area contributed by atoms with Crippen LogP contribution in [0.4, 0.5) is 0 Å². The zero-order valence-corrected chi connectivity index (χ0v) is 20.4. The molecular weight excluding hydrogens is 473 g/mol. The normalized spacial score (nSPS) is 47.3. The molecule has 0 aliphatic carbocycles. The quantitative estimate of drug-likeness (QED) is 0.245. The highest BCUT2D eigenvalue weighted by atomic mass is 127. The number of esters is 1. The Morgan fingerprint density at radius 2 is 1.71 bits per heavy atom. The fourth-order valence-electron chi connectivity index (χ4n) is 4.05. The molecule has 0 aromatic carbocycles. The van der Waals surface area contributed by atoms with E-state index < -0.39 is 41.2 Å². The molecule has 0 aromatic rings. The first-order valence-corrected chi connectivity index (χ1v) is 11.5. The third-order valence-corrected chi connectivity index (χ3v) is 8.24. The number of halogens is 1. The van der Waals surface area contributed by atoms with Gasteiger partial charge >= 0.3 is 5.97 Å². The molecule has 7 heteroatoms. The molecule has 0 spiro atoms. The molecule has 0 saturated carbocycles. The molecule has 9 atom stereocenters. The van der Waals surface area contributed by atoms with E-state index in [2.05, 4.69) is 22.6 Å². The molecule has 1 unspecified atom stereocenters. The summed E-state index contributed by atoms with van der Waals surface area (Å²) in [7, 11) is 0. The summed E-state index contributed by atoms with van der Waals surface area (Å²) in [6, 6.07) is 0. The van der Waals surface area contributed by atoms with Crippen molar-refractivity contribution in [3.8, 4) is 0 Å². The zero-order valence-electron chi connectivity index (χ0n) is 18.2. The van der Waals surface area contributed by atoms with Crippen molar-refractivity contribution in [3.05, 3.63) is 0 Å². The van der Waals surface area contributed by atoms with E-state index in [4.69, 9.17) is 10.1 Å². The number of nitrogens with one attached hydrogen (secondary N) is 1. The predicted octanol–water partition coefficient (Wildman–Crippen LogP) is 3.33. The molecule has 1 aliphatic heterocycles. The van der Waals surface area contributed by atoms with Crippen LogP contribution in [0.2, 0.25) is 0 Å². The maximum atomic E-state index is 12.7. The summed E-state index contributed by atoms with van der Waals surface area (Å²) < 4.78 is 5.58. The lowest BCUT2D eigenvalue weighted by Crippen LogP contribution is -2.56. The molecule has 164 valence electrons. The molecule has 6 nitrogen and oxygen atoms in total. The Bertz CT molecular complexity index is 565. The average Bonchev–Trinajstić information content (AvgIpc) is 2.61. The molecule has 28 heavy (non-hydrogen) atoms. The monoisotopic (exact) mass is 511 g/mol. The molecule has 4 N–H and O–H groups in total. The van der Waals surface area contributed by atoms with Gasteiger partial charge in [0.1, 0.15) is 11.7 Å². The van der Waals surface area contributed by atoms with Crippen molar-refractivity contribution in [2.24, 2.45) is 23.7 Å². The van der Waals surface area contributed by atoms with Crippen molar-refractivity contribution in [1.29, 1.82) is 5.41 Å². The smallest absolute Gasteiger partial charge is 0.310 e. The third kappa shape index (κ3) is 5.67. The first-order chi connectivity index (χ1) is 12.7. The molecule has 1 fully saturated rings. The van der Waals surface area contributed by atoms with E-state index in [0.717, 1.165) is 0 Å². The second-order valence-corrected chi connectivity index (χ2v) is 10.8. The van der Waals surface area contributed by atoms with E-state index in [1.807, 2.05) is 13.8 Å². The van der Waals surface area contributed by atoms with Crippen LogP contribution < -0.4 is 0 Å². The van der Waals surface area contributed by atoms with Gasteiger partial charge in [0, 0.05) is 15.6 Å². The van der Waals surface area contributed by atoms with Crippen molar-refractivity contribution in [2.45, 2.75) is 95.1 Å². The van der Waals surface area contributed by atoms with Gasteiger partial charge in [0.05, 0.1) is 17.6 Å². The van der Waals surface area contributed by atoms with E-state index in [-0.39, 0.29) is 21.5 Å². The van der Waals surface area contributed by atoms with Gasteiger partial charge in [-0.3, -0.25) is 4.79 Å². The minimum Gasteiger partial charge on any atom is -0.459 e. The number of aliphatic hydroxyl groups excluding tert-OH is 1. The van der Waals surface area contributed by atoms with Crippen LogP contribution >= 0.6 is 22.6 Å². The molecular formula is C21H38INO5. The Morgan fingerprint density at radius 3 is 2.21 bits per heavy atom. The molecule has 1 rings (SSSR count). The largest absolute Gasteiger partial charge is 0.459 e. The van der Waals surface area contributed by atoms with Crippen LogP contribution in [0, 0.1) is 29.1 Å². The Labute approximate surface area is 183 Å². The third-order valence-electron chi connectivity index (χ3n) is 6.65. The molecule has 0 aromatic heterocycles. The van der Waals surface area contributed by atoms with Crippen LogP contribution in [-0.4, -0.2) is 54.3 Å². The fraction of sp³-hybridized carbons (Fsp3) is 0.905. The van der Waals surface area contributed by atoms with Gasteiger partial charge < -0.3 is 25.5 Å². The second-order valence-electron chi connectivity index (χ2n) is 9.15. The Morgan fingerprint density at radius 1 is 1.18 bits per heavy atom. The van der Waals surface area contributed by atoms with Gasteiger partial charge in [-0.25, -0.2) is 0 Å². The number of aliphatic hydroxyl groups is 3. The molecule has 0 amide bonds. The number of rotatable bonds is 1. The summed E-state index contributed by atoms with van der Waals surface area (Å²) in [6.07, 6.45) is -0.762. The van der Waals surface area contributed by atoms with E-state index in [0.29, 0.717) is 19.3 Å². The van der Waals surface area contributed by atoms with Crippen LogP contribution in [-0.2, 0) is 9.53 Å². The number of hydrogen-bond donors (Lipinski definition) is 4. The lowest BCUT2D eigenvalue weighted by atomic mass is 9.74. The van der Waals surface area contributed by atoms with E-state index >= 15 is 0 Å². The molecule has 1 saturated heterocycles. The molecule has 1 heterocycles. The Hall–Kier alpha value is -0.250. The zero-order chi connectivity index (χ0) is 22.0. The minimum atomic E-state index is -1.68. The maximum absolute atomic E-state index is 12.7. The van der Waals surface area contributed by atoms with Crippen molar-refractivity contribution < 1.29 is 24.9 Å². The molecule has 0 radical (unpaired) electrons. The number of hydrogen-bond acceptors (Lipinski definition) is 6. The highest BCUT2D eigenvalue weighted by Gasteiger charge is 2.46. The van der Waals surface area contributed by atoms with Crippen molar-refractivity contribution in [3.63, 3.8) is 0 Å². The highest BCUT2D eigenvalue weighted by Crippen LogP contribution is 2.36. The predicted molar refractivity (Wildman–Crippen MR) is 119 cm³/mol. The maximum Gasteiger partial charge on any atom is 0.310 e. The van der Waals surface area contributed by atoms with Gasteiger partial charge in [-0.05, 0) is 44.9 Å². The second kappa shape index (κ2) is 9.71. The summed E-state index contributed by atoms with van der Waals surface area (Å²) in [5.74, 6) is -1.79. The van der Waals surface area contributed by atoms with Gasteiger partial charge in [0.15, 0.2) is 0 Å². The fourth-order valence-corrected chi connectivity index (χ4v) is 5.11. The van der Waals surface area contributed by atoms with Crippen LogP contribution in [0.15, 0.2) is 0 Å². The standard InChI is InChI=1S/C21H38INO5/c1-8-16-21(7,27)18(24)14(5)17(23)11(2)10-20(6,26)12(3)9-15(22)13(4)19(25)28-16/h11-16,18,23-24,26-27H,8-10H2,1-7H3/t11-,12-,13-,14+,15?,16-,18-,20-,21-/m1/s1. The number of cyclic esters (lactones) is 1. The lowest BCUT2D eigenvalue weighted by molar-refractivity contribution is -0.185. The van der Waals surface area contributed by atoms with Crippen molar-refractivity contribution >= 4 is 34.3 Å². The van der Waals surface area contributed by atoms with Gasteiger partial charge in [-0.15, -0.1) is 0 Å². The van der Waals surface area contributed by atoms with Gasteiger partial charge in [0.25, 0.3) is 0 Å². The van der Waals surface area contributed by atoms with E-state index in [1.165, 1.54) is 6.92 Å². The minimum absolute atomic E-state index is 0.0458. The number of carbonyl (C=O) groups is 1.